The second kappa shape index (κ2) is 16.6. The van der Waals surface area contributed by atoms with Crippen LogP contribution in [0.4, 0.5) is 17.1 Å². The molecule has 4 nitrogen and oxygen atoms in total. The number of hydrogen-bond acceptors (Lipinski definition) is 2. The van der Waals surface area contributed by atoms with Crippen LogP contribution in [-0.4, -0.2) is 9.13 Å². The van der Waals surface area contributed by atoms with E-state index in [1.54, 1.807) is 6.08 Å². The van der Waals surface area contributed by atoms with E-state index in [0.717, 1.165) is 55.9 Å². The molecule has 0 saturated carbocycles. The maximum absolute atomic E-state index is 6.20. The zero-order valence-corrected chi connectivity index (χ0v) is 37.1. The van der Waals surface area contributed by atoms with E-state index in [9.17, 15) is 0 Å². The summed E-state index contributed by atoms with van der Waals surface area (Å²) < 4.78 is 11.0. The van der Waals surface area contributed by atoms with Crippen molar-refractivity contribution in [2.24, 2.45) is 0 Å². The summed E-state index contributed by atoms with van der Waals surface area (Å²) in [4.78, 5) is 2.32. The lowest BCUT2D eigenvalue weighted by Crippen LogP contribution is -2.09. The number of hydrogen-bond donors (Lipinski definition) is 0. The second-order valence-electron chi connectivity index (χ2n) is 17.0. The zero-order valence-electron chi connectivity index (χ0n) is 37.1. The van der Waals surface area contributed by atoms with Crippen molar-refractivity contribution in [3.05, 3.63) is 249 Å². The highest BCUT2D eigenvalue weighted by Gasteiger charge is 2.19. The van der Waals surface area contributed by atoms with Crippen LogP contribution in [0.15, 0.2) is 254 Å². The predicted molar refractivity (Wildman–Crippen MR) is 284 cm³/mol. The van der Waals surface area contributed by atoms with Gasteiger partial charge in [0, 0.05) is 60.8 Å². The lowest BCUT2D eigenvalue weighted by atomic mass is 9.99. The quantitative estimate of drug-likeness (QED) is 0.149. The highest BCUT2D eigenvalue weighted by Crippen LogP contribution is 2.42. The van der Waals surface area contributed by atoms with Gasteiger partial charge in [-0.15, -0.1) is 6.58 Å². The van der Waals surface area contributed by atoms with Gasteiger partial charge in [-0.1, -0.05) is 127 Å². The molecular weight excluding hydrogens is 815 g/mol. The Labute approximate surface area is 389 Å². The van der Waals surface area contributed by atoms with Gasteiger partial charge in [-0.3, -0.25) is 0 Å². The van der Waals surface area contributed by atoms with E-state index in [1.165, 1.54) is 60.3 Å². The minimum absolute atomic E-state index is 0.887. The average molecular weight is 860 g/mol. The van der Waals surface area contributed by atoms with E-state index < -0.39 is 0 Å². The van der Waals surface area contributed by atoms with E-state index in [-0.39, 0.29) is 0 Å². The smallest absolute Gasteiger partial charge is 0.135 e. The third-order valence-corrected chi connectivity index (χ3v) is 12.9. The summed E-state index contributed by atoms with van der Waals surface area (Å²) in [5.74, 6) is 0. The molecule has 13 aromatic rings. The maximum atomic E-state index is 6.20. The number of nitrogens with zero attached hydrogens (tertiary/aromatic N) is 3. The SMILES string of the molecule is C=CC.c1ccc(N(c2ccc(-c3ccc4c(c3)c3cc(-c5ccc6c(c5)c5ccccc5n6-c5ccccc5)ccc3n4-c3ccccc3)cc2)c2ccc3oc4ccccc4c3c2)cc1. The van der Waals surface area contributed by atoms with Crippen LogP contribution in [0, 0.1) is 0 Å². The molecule has 3 heterocycles. The topological polar surface area (TPSA) is 26.2 Å². The van der Waals surface area contributed by atoms with Crippen molar-refractivity contribution in [3.8, 4) is 33.6 Å². The van der Waals surface area contributed by atoms with Crippen LogP contribution >= 0.6 is 0 Å². The summed E-state index contributed by atoms with van der Waals surface area (Å²) in [6.45, 7) is 5.25. The number of rotatable bonds is 7. The number of anilines is 3. The summed E-state index contributed by atoms with van der Waals surface area (Å²) in [5.41, 5.74) is 16.8. The summed E-state index contributed by atoms with van der Waals surface area (Å²) in [6, 6.07) is 85.2. The van der Waals surface area contributed by atoms with Gasteiger partial charge >= 0.3 is 0 Å². The van der Waals surface area contributed by atoms with Gasteiger partial charge in [0.2, 0.25) is 0 Å². The van der Waals surface area contributed by atoms with Gasteiger partial charge in [-0.05, 0) is 144 Å². The highest BCUT2D eigenvalue weighted by molar-refractivity contribution is 6.13. The molecule has 3 aromatic heterocycles. The molecule has 0 aliphatic carbocycles. The summed E-state index contributed by atoms with van der Waals surface area (Å²) in [5, 5.41) is 7.16. The van der Waals surface area contributed by atoms with Crippen molar-refractivity contribution in [1.82, 2.24) is 9.13 Å². The Morgan fingerprint density at radius 3 is 1.33 bits per heavy atom. The first-order valence-electron chi connectivity index (χ1n) is 22.8. The van der Waals surface area contributed by atoms with Gasteiger partial charge in [0.05, 0.1) is 22.1 Å². The molecule has 0 spiro atoms. The lowest BCUT2D eigenvalue weighted by molar-refractivity contribution is 0.669. The number of furan rings is 1. The van der Waals surface area contributed by atoms with Gasteiger partial charge in [-0.25, -0.2) is 0 Å². The number of fused-ring (bicyclic) bond motifs is 9. The number of benzene rings is 10. The van der Waals surface area contributed by atoms with Gasteiger partial charge < -0.3 is 18.5 Å². The number of allylic oxidation sites excluding steroid dienone is 1. The van der Waals surface area contributed by atoms with Crippen LogP contribution in [0.1, 0.15) is 6.92 Å². The molecule has 0 fully saturated rings. The minimum atomic E-state index is 0.887. The molecule has 0 aliphatic rings. The van der Waals surface area contributed by atoms with E-state index in [4.69, 9.17) is 4.42 Å². The van der Waals surface area contributed by atoms with Crippen LogP contribution in [0.25, 0.3) is 99.2 Å². The Bertz CT molecular complexity index is 3930. The maximum Gasteiger partial charge on any atom is 0.135 e. The van der Waals surface area contributed by atoms with Crippen LogP contribution in [0.5, 0.6) is 0 Å². The molecule has 4 heteroatoms. The molecule has 0 amide bonds. The first-order valence-corrected chi connectivity index (χ1v) is 22.8. The Kier molecular flexibility index (Phi) is 9.84. The van der Waals surface area contributed by atoms with Gasteiger partial charge in [0.15, 0.2) is 0 Å². The Morgan fingerprint density at radius 1 is 0.343 bits per heavy atom. The van der Waals surface area contributed by atoms with Gasteiger partial charge in [0.1, 0.15) is 11.2 Å². The summed E-state index contributed by atoms with van der Waals surface area (Å²) in [6.07, 6.45) is 1.75. The first-order chi connectivity index (χ1) is 33.1. The predicted octanol–water partition coefficient (Wildman–Crippen LogP) is 17.8. The molecule has 0 unspecified atom stereocenters. The van der Waals surface area contributed by atoms with E-state index in [2.05, 4.69) is 245 Å². The molecule has 0 radical (unpaired) electrons. The standard InChI is InChI=1S/C60H39N3O.C3H6/c1-4-14-44(15-5-1)61(48-31-35-60-54(39-48)50-21-11-13-23-59(50)64-60)47-29-24-40(25-30-47)41-26-32-57-52(36-41)53-38-43(28-34-58(53)63(57)46-18-8-3-9-19-46)42-27-33-56-51(37-42)49-20-10-12-22-55(49)62(56)45-16-6-2-7-17-45;1-3-2/h1-39H;3H,1H2,2H3. The van der Waals surface area contributed by atoms with Crippen LogP contribution in [0.2, 0.25) is 0 Å². The van der Waals surface area contributed by atoms with Crippen molar-refractivity contribution in [1.29, 1.82) is 0 Å². The average Bonchev–Trinajstić information content (AvgIpc) is 4.04. The van der Waals surface area contributed by atoms with Gasteiger partial charge in [-0.2, -0.15) is 0 Å². The van der Waals surface area contributed by atoms with Crippen molar-refractivity contribution in [2.45, 2.75) is 6.92 Å². The largest absolute Gasteiger partial charge is 0.456 e. The molecule has 10 aromatic carbocycles. The third kappa shape index (κ3) is 6.86. The first kappa shape index (κ1) is 39.7. The molecule has 0 atom stereocenters. The van der Waals surface area contributed by atoms with Gasteiger partial charge in [0.25, 0.3) is 0 Å². The Balaban J connectivity index is 0.00000152. The fourth-order valence-corrected chi connectivity index (χ4v) is 9.93. The van der Waals surface area contributed by atoms with Crippen LogP contribution < -0.4 is 4.90 Å². The summed E-state index contributed by atoms with van der Waals surface area (Å²) in [7, 11) is 0. The van der Waals surface area contributed by atoms with Crippen LogP contribution in [-0.2, 0) is 0 Å². The van der Waals surface area contributed by atoms with Crippen molar-refractivity contribution in [2.75, 3.05) is 4.90 Å². The third-order valence-electron chi connectivity index (χ3n) is 12.9. The Morgan fingerprint density at radius 2 is 0.746 bits per heavy atom. The highest BCUT2D eigenvalue weighted by atomic mass is 16.3. The zero-order chi connectivity index (χ0) is 44.8. The fourth-order valence-electron chi connectivity index (χ4n) is 9.93. The molecule has 0 bridgehead atoms. The molecule has 67 heavy (non-hydrogen) atoms. The molecule has 0 N–H and O–H groups in total. The van der Waals surface area contributed by atoms with Crippen molar-refractivity contribution < 1.29 is 4.42 Å². The van der Waals surface area contributed by atoms with Crippen molar-refractivity contribution >= 4 is 82.6 Å². The second-order valence-corrected chi connectivity index (χ2v) is 17.0. The van der Waals surface area contributed by atoms with E-state index >= 15 is 0 Å². The Hall–Kier alpha value is -8.86. The molecule has 0 aliphatic heterocycles. The minimum Gasteiger partial charge on any atom is -0.456 e. The van der Waals surface area contributed by atoms with E-state index in [0.29, 0.717) is 0 Å². The monoisotopic (exact) mass is 859 g/mol. The molecule has 0 saturated heterocycles. The molecule has 318 valence electrons. The fraction of sp³-hybridized carbons (Fsp3) is 0.0159. The normalized spacial score (nSPS) is 11.4. The molecular formula is C63H45N3O. The van der Waals surface area contributed by atoms with E-state index in [1.807, 2.05) is 19.1 Å². The van der Waals surface area contributed by atoms with Crippen LogP contribution in [0.3, 0.4) is 0 Å². The summed E-state index contributed by atoms with van der Waals surface area (Å²) >= 11 is 0. The number of para-hydroxylation sites is 5. The molecule has 13 rings (SSSR count). The van der Waals surface area contributed by atoms with Crippen molar-refractivity contribution in [3.63, 3.8) is 0 Å². The number of aromatic nitrogens is 2. The lowest BCUT2D eigenvalue weighted by Gasteiger charge is -2.25.